The maximum Gasteiger partial charge on any atom is 0.235 e. The van der Waals surface area contributed by atoms with E-state index in [1.54, 1.807) is 6.08 Å². The third kappa shape index (κ3) is 1.67. The fourth-order valence-electron chi connectivity index (χ4n) is 2.38. The van der Waals surface area contributed by atoms with Crippen LogP contribution in [0.5, 0.6) is 0 Å². The molecule has 2 aliphatic rings. The average molecular weight is 180 g/mol. The summed E-state index contributed by atoms with van der Waals surface area (Å²) in [6.45, 7) is 2.31. The number of piperidine rings is 1. The van der Waals surface area contributed by atoms with Crippen molar-refractivity contribution in [2.75, 3.05) is 20.1 Å². The van der Waals surface area contributed by atoms with Gasteiger partial charge in [0.2, 0.25) is 6.08 Å². The van der Waals surface area contributed by atoms with E-state index in [-0.39, 0.29) is 5.54 Å². The predicted octanol–water partition coefficient (Wildman–Crippen LogP) is 1.20. The molecule has 0 unspecified atom stereocenters. The SMILES string of the molecule is CN1CCC(C2(N=C=O)CC2)CC1. The van der Waals surface area contributed by atoms with Crippen molar-refractivity contribution in [3.05, 3.63) is 0 Å². The van der Waals surface area contributed by atoms with Crippen molar-refractivity contribution >= 4 is 6.08 Å². The van der Waals surface area contributed by atoms with E-state index < -0.39 is 0 Å². The zero-order chi connectivity index (χ0) is 9.31. The van der Waals surface area contributed by atoms with Crippen LogP contribution in [0.2, 0.25) is 0 Å². The van der Waals surface area contributed by atoms with Crippen LogP contribution in [0, 0.1) is 5.92 Å². The summed E-state index contributed by atoms with van der Waals surface area (Å²) in [7, 11) is 2.15. The monoisotopic (exact) mass is 180 g/mol. The van der Waals surface area contributed by atoms with Gasteiger partial charge in [-0.3, -0.25) is 0 Å². The number of isocyanates is 1. The molecule has 0 N–H and O–H groups in total. The first kappa shape index (κ1) is 8.92. The van der Waals surface area contributed by atoms with Gasteiger partial charge in [-0.05, 0) is 51.7 Å². The van der Waals surface area contributed by atoms with E-state index in [4.69, 9.17) is 0 Å². The molecule has 0 aromatic rings. The number of hydrogen-bond donors (Lipinski definition) is 0. The van der Waals surface area contributed by atoms with Gasteiger partial charge in [0, 0.05) is 0 Å². The molecule has 0 radical (unpaired) electrons. The number of aliphatic imine (C=N–C) groups is 1. The number of carbonyl (C=O) groups excluding carboxylic acids is 1. The third-order valence-corrected chi connectivity index (χ3v) is 3.51. The first-order valence-electron chi connectivity index (χ1n) is 5.04. The predicted molar refractivity (Wildman–Crippen MR) is 50.3 cm³/mol. The van der Waals surface area contributed by atoms with Crippen molar-refractivity contribution in [3.8, 4) is 0 Å². The van der Waals surface area contributed by atoms with Gasteiger partial charge in [0.05, 0.1) is 5.54 Å². The van der Waals surface area contributed by atoms with E-state index in [0.29, 0.717) is 5.92 Å². The average Bonchev–Trinajstić information content (AvgIpc) is 2.87. The molecule has 0 bridgehead atoms. The number of likely N-dealkylation sites (tertiary alicyclic amines) is 1. The van der Waals surface area contributed by atoms with Gasteiger partial charge in [-0.25, -0.2) is 4.79 Å². The quantitative estimate of drug-likeness (QED) is 0.472. The Morgan fingerprint density at radius 1 is 1.38 bits per heavy atom. The van der Waals surface area contributed by atoms with E-state index in [9.17, 15) is 4.79 Å². The van der Waals surface area contributed by atoms with Crippen LogP contribution in [0.1, 0.15) is 25.7 Å². The lowest BCUT2D eigenvalue weighted by Crippen LogP contribution is -2.35. The van der Waals surface area contributed by atoms with E-state index in [0.717, 1.165) is 25.9 Å². The molecule has 1 aliphatic carbocycles. The molecule has 13 heavy (non-hydrogen) atoms. The fourth-order valence-corrected chi connectivity index (χ4v) is 2.38. The van der Waals surface area contributed by atoms with Crippen LogP contribution in [0.25, 0.3) is 0 Å². The van der Waals surface area contributed by atoms with Crippen molar-refractivity contribution in [1.29, 1.82) is 0 Å². The van der Waals surface area contributed by atoms with Crippen LogP contribution >= 0.6 is 0 Å². The maximum absolute atomic E-state index is 10.3. The van der Waals surface area contributed by atoms with Crippen LogP contribution in [0.4, 0.5) is 0 Å². The first-order valence-corrected chi connectivity index (χ1v) is 5.04. The lowest BCUT2D eigenvalue weighted by molar-refractivity contribution is 0.192. The summed E-state index contributed by atoms with van der Waals surface area (Å²) in [4.78, 5) is 16.6. The Kier molecular flexibility index (Phi) is 2.22. The zero-order valence-corrected chi connectivity index (χ0v) is 8.12. The molecule has 1 aliphatic heterocycles. The minimum absolute atomic E-state index is 0.0308. The number of nitrogens with zero attached hydrogens (tertiary/aromatic N) is 2. The fraction of sp³-hybridized carbons (Fsp3) is 0.900. The molecule has 0 aromatic heterocycles. The van der Waals surface area contributed by atoms with Crippen LogP contribution < -0.4 is 0 Å². The minimum Gasteiger partial charge on any atom is -0.306 e. The van der Waals surface area contributed by atoms with Gasteiger partial charge in [-0.2, -0.15) is 4.99 Å². The van der Waals surface area contributed by atoms with Crippen molar-refractivity contribution in [2.24, 2.45) is 10.9 Å². The Hall–Kier alpha value is -0.660. The molecule has 2 fully saturated rings. The normalized spacial score (nSPS) is 28.1. The van der Waals surface area contributed by atoms with Gasteiger partial charge in [0.1, 0.15) is 0 Å². The summed E-state index contributed by atoms with van der Waals surface area (Å²) in [6.07, 6.45) is 6.35. The van der Waals surface area contributed by atoms with Crippen LogP contribution in [0.15, 0.2) is 4.99 Å². The molecule has 1 saturated carbocycles. The summed E-state index contributed by atoms with van der Waals surface area (Å²) >= 11 is 0. The van der Waals surface area contributed by atoms with E-state index in [1.807, 2.05) is 0 Å². The van der Waals surface area contributed by atoms with Crippen LogP contribution in [-0.4, -0.2) is 36.7 Å². The molecule has 0 atom stereocenters. The molecular formula is C10H16N2O. The highest BCUT2D eigenvalue weighted by atomic mass is 16.1. The summed E-state index contributed by atoms with van der Waals surface area (Å²) < 4.78 is 0. The zero-order valence-electron chi connectivity index (χ0n) is 8.12. The molecule has 3 nitrogen and oxygen atoms in total. The van der Waals surface area contributed by atoms with Crippen LogP contribution in [-0.2, 0) is 4.79 Å². The van der Waals surface area contributed by atoms with Crippen LogP contribution in [0.3, 0.4) is 0 Å². The maximum atomic E-state index is 10.3. The lowest BCUT2D eigenvalue weighted by Gasteiger charge is -2.32. The largest absolute Gasteiger partial charge is 0.306 e. The second kappa shape index (κ2) is 3.24. The Balaban J connectivity index is 1.98. The number of rotatable bonds is 2. The minimum atomic E-state index is 0.0308. The van der Waals surface area contributed by atoms with Gasteiger partial charge in [0.25, 0.3) is 0 Å². The Labute approximate surface area is 78.8 Å². The molecule has 0 aromatic carbocycles. The van der Waals surface area contributed by atoms with E-state index in [2.05, 4.69) is 16.9 Å². The molecule has 1 heterocycles. The number of hydrogen-bond acceptors (Lipinski definition) is 3. The molecule has 1 saturated heterocycles. The highest BCUT2D eigenvalue weighted by Crippen LogP contribution is 2.49. The third-order valence-electron chi connectivity index (χ3n) is 3.51. The lowest BCUT2D eigenvalue weighted by atomic mass is 9.88. The Morgan fingerprint density at radius 3 is 2.46 bits per heavy atom. The highest BCUT2D eigenvalue weighted by Gasteiger charge is 2.49. The van der Waals surface area contributed by atoms with Gasteiger partial charge >= 0.3 is 0 Å². The molecule has 0 spiro atoms. The smallest absolute Gasteiger partial charge is 0.235 e. The van der Waals surface area contributed by atoms with Crippen molar-refractivity contribution < 1.29 is 4.79 Å². The molecular weight excluding hydrogens is 164 g/mol. The molecule has 72 valence electrons. The van der Waals surface area contributed by atoms with Crippen molar-refractivity contribution in [3.63, 3.8) is 0 Å². The summed E-state index contributed by atoms with van der Waals surface area (Å²) in [5.41, 5.74) is 0.0308. The summed E-state index contributed by atoms with van der Waals surface area (Å²) in [6, 6.07) is 0. The standard InChI is InChI=1S/C10H16N2O/c1-12-6-2-9(3-7-12)10(4-5-10)11-8-13/h9H,2-7H2,1H3. The van der Waals surface area contributed by atoms with Crippen molar-refractivity contribution in [2.45, 2.75) is 31.2 Å². The molecule has 3 heteroatoms. The van der Waals surface area contributed by atoms with Crippen molar-refractivity contribution in [1.82, 2.24) is 4.90 Å². The highest BCUT2D eigenvalue weighted by molar-refractivity contribution is 5.37. The van der Waals surface area contributed by atoms with Gasteiger partial charge in [-0.15, -0.1) is 0 Å². The Bertz CT molecular complexity index is 233. The summed E-state index contributed by atoms with van der Waals surface area (Å²) in [5, 5.41) is 0. The second-order valence-electron chi connectivity index (χ2n) is 4.38. The van der Waals surface area contributed by atoms with Gasteiger partial charge in [0.15, 0.2) is 0 Å². The van der Waals surface area contributed by atoms with Gasteiger partial charge in [-0.1, -0.05) is 0 Å². The van der Waals surface area contributed by atoms with E-state index in [1.165, 1.54) is 12.8 Å². The summed E-state index contributed by atoms with van der Waals surface area (Å²) in [5.74, 6) is 0.644. The first-order chi connectivity index (χ1) is 6.27. The molecule has 2 rings (SSSR count). The second-order valence-corrected chi connectivity index (χ2v) is 4.38. The topological polar surface area (TPSA) is 32.7 Å². The Morgan fingerprint density at radius 2 is 2.00 bits per heavy atom. The molecule has 0 amide bonds. The van der Waals surface area contributed by atoms with E-state index >= 15 is 0 Å². The van der Waals surface area contributed by atoms with Gasteiger partial charge < -0.3 is 4.90 Å².